The van der Waals surface area contributed by atoms with E-state index in [1.165, 1.54) is 22.9 Å². The number of aromatic nitrogens is 1. The molecular formula is C15H18FN3O2S. The number of anilines is 3. The van der Waals surface area contributed by atoms with E-state index < -0.39 is 16.8 Å². The molecule has 0 aliphatic carbocycles. The Labute approximate surface area is 130 Å². The summed E-state index contributed by atoms with van der Waals surface area (Å²) in [7, 11) is 0.327. The fourth-order valence-corrected chi connectivity index (χ4v) is 2.43. The first kappa shape index (κ1) is 16.2. The molecule has 22 heavy (non-hydrogen) atoms. The minimum atomic E-state index is -1.27. The highest BCUT2D eigenvalue weighted by Gasteiger charge is 2.10. The van der Waals surface area contributed by atoms with Gasteiger partial charge in [-0.1, -0.05) is 13.0 Å². The molecule has 0 saturated heterocycles. The van der Waals surface area contributed by atoms with Gasteiger partial charge in [-0.15, -0.1) is 0 Å². The first-order valence-electron chi connectivity index (χ1n) is 6.79. The molecule has 2 aromatic rings. The van der Waals surface area contributed by atoms with Gasteiger partial charge in [-0.3, -0.25) is 4.79 Å². The van der Waals surface area contributed by atoms with Crippen molar-refractivity contribution in [2.45, 2.75) is 13.8 Å². The summed E-state index contributed by atoms with van der Waals surface area (Å²) in [6, 6.07) is 6.11. The van der Waals surface area contributed by atoms with Crippen molar-refractivity contribution >= 4 is 28.0 Å². The molecule has 1 aromatic carbocycles. The van der Waals surface area contributed by atoms with E-state index in [4.69, 9.17) is 0 Å². The maximum atomic E-state index is 14.0. The predicted octanol–water partition coefficient (Wildman–Crippen LogP) is 2.67. The van der Waals surface area contributed by atoms with Crippen LogP contribution in [0.2, 0.25) is 0 Å². The lowest BCUT2D eigenvalue weighted by atomic mass is 10.2. The van der Waals surface area contributed by atoms with Crippen molar-refractivity contribution < 1.29 is 8.60 Å². The second kappa shape index (κ2) is 6.74. The maximum absolute atomic E-state index is 14.0. The average molecular weight is 323 g/mol. The zero-order valence-corrected chi connectivity index (χ0v) is 13.5. The summed E-state index contributed by atoms with van der Waals surface area (Å²) in [6.07, 6.45) is 1.53. The van der Waals surface area contributed by atoms with Crippen LogP contribution < -0.4 is 15.6 Å². The second-order valence-electron chi connectivity index (χ2n) is 4.89. The van der Waals surface area contributed by atoms with Crippen LogP contribution in [0.25, 0.3) is 0 Å². The first-order valence-corrected chi connectivity index (χ1v) is 8.11. The van der Waals surface area contributed by atoms with Crippen molar-refractivity contribution in [2.24, 2.45) is 7.05 Å². The summed E-state index contributed by atoms with van der Waals surface area (Å²) in [5.41, 5.74) is 1.67. The Hall–Kier alpha value is -2.15. The molecule has 0 spiro atoms. The van der Waals surface area contributed by atoms with E-state index in [2.05, 4.69) is 10.0 Å². The lowest BCUT2D eigenvalue weighted by Gasteiger charge is -2.14. The third-order valence-corrected chi connectivity index (χ3v) is 4.08. The van der Waals surface area contributed by atoms with Crippen LogP contribution in [0.3, 0.4) is 0 Å². The largest absolute Gasteiger partial charge is 0.351 e. The van der Waals surface area contributed by atoms with Gasteiger partial charge in [0.2, 0.25) is 0 Å². The molecule has 0 aliphatic heterocycles. The van der Waals surface area contributed by atoms with Gasteiger partial charge in [0.25, 0.3) is 5.56 Å². The van der Waals surface area contributed by atoms with Crippen LogP contribution in [0, 0.1) is 12.7 Å². The van der Waals surface area contributed by atoms with Crippen LogP contribution in [0.4, 0.5) is 21.5 Å². The Morgan fingerprint density at radius 2 is 1.95 bits per heavy atom. The Morgan fingerprint density at radius 3 is 2.59 bits per heavy atom. The second-order valence-corrected chi connectivity index (χ2v) is 6.37. The van der Waals surface area contributed by atoms with Gasteiger partial charge >= 0.3 is 0 Å². The van der Waals surface area contributed by atoms with Gasteiger partial charge in [-0.25, -0.2) is 8.60 Å². The SMILES string of the molecule is CCS(=O)Nc1cn(C)c(=O)cc1Nc1ccc(C)cc1F. The Balaban J connectivity index is 2.42. The number of rotatable bonds is 5. The Kier molecular flexibility index (Phi) is 4.97. The number of hydrogen-bond acceptors (Lipinski definition) is 3. The molecule has 0 aliphatic rings. The minimum absolute atomic E-state index is 0.247. The third-order valence-electron chi connectivity index (χ3n) is 3.11. The normalized spacial score (nSPS) is 12.0. The molecule has 2 N–H and O–H groups in total. The molecule has 2 rings (SSSR count). The monoisotopic (exact) mass is 323 g/mol. The fraction of sp³-hybridized carbons (Fsp3) is 0.267. The predicted molar refractivity (Wildman–Crippen MR) is 88.4 cm³/mol. The lowest BCUT2D eigenvalue weighted by Crippen LogP contribution is -2.18. The van der Waals surface area contributed by atoms with Gasteiger partial charge in [0, 0.05) is 25.1 Å². The van der Waals surface area contributed by atoms with E-state index in [0.717, 1.165) is 5.56 Å². The topological polar surface area (TPSA) is 63.1 Å². The molecule has 0 bridgehead atoms. The number of halogens is 1. The summed E-state index contributed by atoms with van der Waals surface area (Å²) in [5, 5.41) is 2.88. The van der Waals surface area contributed by atoms with Crippen molar-refractivity contribution in [3.63, 3.8) is 0 Å². The standard InChI is InChI=1S/C15H18FN3O2S/c1-4-22(21)18-14-9-19(3)15(20)8-13(14)17-12-6-5-10(2)7-11(12)16/h5-9,17-18H,4H2,1-3H3. The van der Waals surface area contributed by atoms with Crippen LogP contribution in [0.1, 0.15) is 12.5 Å². The van der Waals surface area contributed by atoms with Crippen molar-refractivity contribution in [3.8, 4) is 0 Å². The quantitative estimate of drug-likeness (QED) is 0.889. The number of nitrogens with one attached hydrogen (secondary N) is 2. The van der Waals surface area contributed by atoms with Crippen LogP contribution in [-0.2, 0) is 18.0 Å². The molecular weight excluding hydrogens is 305 g/mol. The van der Waals surface area contributed by atoms with Gasteiger partial charge in [-0.05, 0) is 24.6 Å². The fourth-order valence-electron chi connectivity index (χ4n) is 1.88. The molecule has 0 saturated carbocycles. The molecule has 7 heteroatoms. The zero-order valence-electron chi connectivity index (χ0n) is 12.6. The Morgan fingerprint density at radius 1 is 1.23 bits per heavy atom. The smallest absolute Gasteiger partial charge is 0.252 e. The van der Waals surface area contributed by atoms with Crippen LogP contribution >= 0.6 is 0 Å². The van der Waals surface area contributed by atoms with Gasteiger partial charge < -0.3 is 14.6 Å². The van der Waals surface area contributed by atoms with Gasteiger partial charge in [0.05, 0.1) is 17.1 Å². The molecule has 1 atom stereocenters. The first-order chi connectivity index (χ1) is 10.4. The van der Waals surface area contributed by atoms with Crippen LogP contribution in [0.15, 0.2) is 35.3 Å². The summed E-state index contributed by atoms with van der Waals surface area (Å²) < 4.78 is 29.8. The molecule has 1 aromatic heterocycles. The minimum Gasteiger partial charge on any atom is -0.351 e. The number of benzene rings is 1. The third kappa shape index (κ3) is 3.73. The summed E-state index contributed by atoms with van der Waals surface area (Å²) >= 11 is 0. The van der Waals surface area contributed by atoms with Gasteiger partial charge in [0.15, 0.2) is 0 Å². The molecule has 118 valence electrons. The molecule has 0 fully saturated rings. The summed E-state index contributed by atoms with van der Waals surface area (Å²) in [6.45, 7) is 3.57. The van der Waals surface area contributed by atoms with Crippen LogP contribution in [-0.4, -0.2) is 14.5 Å². The Bertz CT molecular complexity index is 774. The number of hydrogen-bond donors (Lipinski definition) is 2. The molecule has 5 nitrogen and oxygen atoms in total. The zero-order chi connectivity index (χ0) is 16.3. The highest BCUT2D eigenvalue weighted by atomic mass is 32.2. The molecule has 0 radical (unpaired) electrons. The highest BCUT2D eigenvalue weighted by molar-refractivity contribution is 7.86. The van der Waals surface area contributed by atoms with Crippen LogP contribution in [0.5, 0.6) is 0 Å². The number of aryl methyl sites for hydroxylation is 2. The van der Waals surface area contributed by atoms with E-state index in [0.29, 0.717) is 17.1 Å². The molecule has 1 heterocycles. The van der Waals surface area contributed by atoms with E-state index in [9.17, 15) is 13.4 Å². The maximum Gasteiger partial charge on any atom is 0.252 e. The lowest BCUT2D eigenvalue weighted by molar-refractivity contribution is 0.630. The molecule has 0 amide bonds. The van der Waals surface area contributed by atoms with E-state index in [1.807, 2.05) is 0 Å². The van der Waals surface area contributed by atoms with E-state index in [-0.39, 0.29) is 11.2 Å². The van der Waals surface area contributed by atoms with E-state index >= 15 is 0 Å². The van der Waals surface area contributed by atoms with Crippen molar-refractivity contribution in [2.75, 3.05) is 15.8 Å². The highest BCUT2D eigenvalue weighted by Crippen LogP contribution is 2.26. The number of nitrogens with zero attached hydrogens (tertiary/aromatic N) is 1. The average Bonchev–Trinajstić information content (AvgIpc) is 2.46. The summed E-state index contributed by atoms with van der Waals surface area (Å²) in [4.78, 5) is 11.8. The summed E-state index contributed by atoms with van der Waals surface area (Å²) in [5.74, 6) is 0.00417. The van der Waals surface area contributed by atoms with Gasteiger partial charge in [-0.2, -0.15) is 0 Å². The van der Waals surface area contributed by atoms with Crippen molar-refractivity contribution in [1.29, 1.82) is 0 Å². The van der Waals surface area contributed by atoms with Gasteiger partial charge in [0.1, 0.15) is 16.8 Å². The van der Waals surface area contributed by atoms with Crippen molar-refractivity contribution in [1.82, 2.24) is 4.57 Å². The number of pyridine rings is 1. The molecule has 1 unspecified atom stereocenters. The van der Waals surface area contributed by atoms with Crippen molar-refractivity contribution in [3.05, 3.63) is 52.2 Å². The van der Waals surface area contributed by atoms with E-state index in [1.54, 1.807) is 33.0 Å².